The summed E-state index contributed by atoms with van der Waals surface area (Å²) < 4.78 is 28.1. The minimum absolute atomic E-state index is 0.270. The van der Waals surface area contributed by atoms with Gasteiger partial charge in [0, 0.05) is 6.26 Å². The molecule has 0 saturated carbocycles. The summed E-state index contributed by atoms with van der Waals surface area (Å²) in [6.45, 7) is 0. The summed E-state index contributed by atoms with van der Waals surface area (Å²) in [5, 5.41) is 0.515. The summed E-state index contributed by atoms with van der Waals surface area (Å²) >= 11 is 5.99. The molecule has 4 nitrogen and oxygen atoms in total. The van der Waals surface area contributed by atoms with Gasteiger partial charge in [0.2, 0.25) is 0 Å². The lowest BCUT2D eigenvalue weighted by molar-refractivity contribution is 0.414. The zero-order valence-corrected chi connectivity index (χ0v) is 13.3. The molecule has 2 N–H and O–H groups in total. The van der Waals surface area contributed by atoms with E-state index in [0.717, 1.165) is 11.1 Å². The third-order valence-corrected chi connectivity index (χ3v) is 4.64. The van der Waals surface area contributed by atoms with Crippen molar-refractivity contribution >= 4 is 21.4 Å². The number of hydrogen-bond acceptors (Lipinski definition) is 4. The van der Waals surface area contributed by atoms with E-state index in [2.05, 4.69) is 0 Å². The third-order valence-electron chi connectivity index (χ3n) is 3.20. The molecule has 0 spiro atoms. The maximum absolute atomic E-state index is 11.4. The molecule has 2 aromatic rings. The molecule has 1 atom stereocenters. The van der Waals surface area contributed by atoms with Gasteiger partial charge in [-0.1, -0.05) is 29.8 Å². The van der Waals surface area contributed by atoms with Gasteiger partial charge in [-0.3, -0.25) is 0 Å². The monoisotopic (exact) mass is 325 g/mol. The molecule has 0 aliphatic carbocycles. The molecule has 0 aromatic heterocycles. The standard InChI is InChI=1S/C15H16ClNO3S/c1-20-14-9-11(5-8-13(14)16)15(17)10-3-6-12(7-4-10)21(2,18)19/h3-9,15H,17H2,1-2H3. The quantitative estimate of drug-likeness (QED) is 0.938. The van der Waals surface area contributed by atoms with E-state index in [1.165, 1.54) is 13.4 Å². The first-order chi connectivity index (χ1) is 9.82. The van der Waals surface area contributed by atoms with E-state index in [-0.39, 0.29) is 10.9 Å². The van der Waals surface area contributed by atoms with Crippen molar-refractivity contribution < 1.29 is 13.2 Å². The SMILES string of the molecule is COc1cc(C(N)c2ccc(S(C)(=O)=O)cc2)ccc1Cl. The van der Waals surface area contributed by atoms with E-state index in [4.69, 9.17) is 22.1 Å². The number of hydrogen-bond donors (Lipinski definition) is 1. The van der Waals surface area contributed by atoms with Crippen LogP contribution >= 0.6 is 11.6 Å². The minimum atomic E-state index is -3.20. The van der Waals surface area contributed by atoms with Crippen molar-refractivity contribution in [3.05, 3.63) is 58.6 Å². The molecule has 6 heteroatoms. The van der Waals surface area contributed by atoms with Gasteiger partial charge in [0.15, 0.2) is 9.84 Å². The number of ether oxygens (including phenoxy) is 1. The van der Waals surface area contributed by atoms with Crippen molar-refractivity contribution in [2.45, 2.75) is 10.9 Å². The highest BCUT2D eigenvalue weighted by atomic mass is 35.5. The van der Waals surface area contributed by atoms with Gasteiger partial charge in [-0.15, -0.1) is 0 Å². The van der Waals surface area contributed by atoms with Gasteiger partial charge in [-0.05, 0) is 35.4 Å². The lowest BCUT2D eigenvalue weighted by Gasteiger charge is -2.14. The lowest BCUT2D eigenvalue weighted by Crippen LogP contribution is -2.12. The first-order valence-electron chi connectivity index (χ1n) is 6.22. The van der Waals surface area contributed by atoms with Crippen LogP contribution in [0.25, 0.3) is 0 Å². The fourth-order valence-electron chi connectivity index (χ4n) is 1.98. The van der Waals surface area contributed by atoms with Crippen LogP contribution in [-0.4, -0.2) is 21.8 Å². The van der Waals surface area contributed by atoms with Crippen molar-refractivity contribution in [1.29, 1.82) is 0 Å². The summed E-state index contributed by atoms with van der Waals surface area (Å²) in [5.74, 6) is 0.553. The lowest BCUT2D eigenvalue weighted by atomic mass is 9.99. The molecule has 0 fully saturated rings. The molecular weight excluding hydrogens is 310 g/mol. The largest absolute Gasteiger partial charge is 0.495 e. The Morgan fingerprint density at radius 2 is 1.67 bits per heavy atom. The van der Waals surface area contributed by atoms with Crippen molar-refractivity contribution in [2.24, 2.45) is 5.73 Å². The first kappa shape index (κ1) is 15.8. The van der Waals surface area contributed by atoms with Gasteiger partial charge in [-0.25, -0.2) is 8.42 Å². The second-order valence-electron chi connectivity index (χ2n) is 4.71. The predicted molar refractivity (Wildman–Crippen MR) is 83.6 cm³/mol. The molecule has 0 heterocycles. The highest BCUT2D eigenvalue weighted by molar-refractivity contribution is 7.90. The van der Waals surface area contributed by atoms with Crippen molar-refractivity contribution in [3.63, 3.8) is 0 Å². The first-order valence-corrected chi connectivity index (χ1v) is 8.49. The van der Waals surface area contributed by atoms with E-state index in [9.17, 15) is 8.42 Å². The Bertz CT molecular complexity index is 742. The van der Waals surface area contributed by atoms with Gasteiger partial charge >= 0.3 is 0 Å². The van der Waals surface area contributed by atoms with Crippen LogP contribution in [0.2, 0.25) is 5.02 Å². The van der Waals surface area contributed by atoms with Crippen molar-refractivity contribution in [1.82, 2.24) is 0 Å². The molecule has 0 radical (unpaired) electrons. The predicted octanol–water partition coefficient (Wildman–Crippen LogP) is 2.80. The number of methoxy groups -OCH3 is 1. The fourth-order valence-corrected chi connectivity index (χ4v) is 2.81. The Kier molecular flexibility index (Phi) is 4.56. The molecule has 0 aliphatic heterocycles. The average molecular weight is 326 g/mol. The summed E-state index contributed by atoms with van der Waals surface area (Å²) in [7, 11) is -1.67. The van der Waals surface area contributed by atoms with Gasteiger partial charge in [-0.2, -0.15) is 0 Å². The molecule has 2 rings (SSSR count). The Morgan fingerprint density at radius 3 is 2.19 bits per heavy atom. The van der Waals surface area contributed by atoms with E-state index in [1.54, 1.807) is 36.4 Å². The van der Waals surface area contributed by atoms with Crippen LogP contribution in [-0.2, 0) is 9.84 Å². The molecule has 0 saturated heterocycles. The maximum atomic E-state index is 11.4. The van der Waals surface area contributed by atoms with Crippen molar-refractivity contribution in [3.8, 4) is 5.75 Å². The summed E-state index contributed by atoms with van der Waals surface area (Å²) in [4.78, 5) is 0.270. The van der Waals surface area contributed by atoms with Gasteiger partial charge in [0.1, 0.15) is 5.75 Å². The highest BCUT2D eigenvalue weighted by Gasteiger charge is 2.13. The van der Waals surface area contributed by atoms with Gasteiger partial charge < -0.3 is 10.5 Å². The third kappa shape index (κ3) is 3.56. The van der Waals surface area contributed by atoms with Crippen LogP contribution in [0.4, 0.5) is 0 Å². The number of halogens is 1. The normalized spacial score (nSPS) is 13.0. The molecule has 0 aliphatic rings. The van der Waals surface area contributed by atoms with E-state index in [1.807, 2.05) is 6.07 Å². The van der Waals surface area contributed by atoms with Crippen LogP contribution in [0.1, 0.15) is 17.2 Å². The molecule has 21 heavy (non-hydrogen) atoms. The number of sulfone groups is 1. The topological polar surface area (TPSA) is 69.4 Å². The molecule has 0 amide bonds. The smallest absolute Gasteiger partial charge is 0.175 e. The minimum Gasteiger partial charge on any atom is -0.495 e. The summed E-state index contributed by atoms with van der Waals surface area (Å²) in [5.41, 5.74) is 7.85. The Hall–Kier alpha value is -1.56. The zero-order valence-electron chi connectivity index (χ0n) is 11.7. The van der Waals surface area contributed by atoms with Crippen LogP contribution in [0.5, 0.6) is 5.75 Å². The molecule has 0 bridgehead atoms. The Morgan fingerprint density at radius 1 is 1.10 bits per heavy atom. The number of benzene rings is 2. The summed E-state index contributed by atoms with van der Waals surface area (Å²) in [6.07, 6.45) is 1.17. The number of rotatable bonds is 4. The van der Waals surface area contributed by atoms with E-state index < -0.39 is 9.84 Å². The molecule has 1 unspecified atom stereocenters. The second kappa shape index (κ2) is 6.05. The van der Waals surface area contributed by atoms with E-state index in [0.29, 0.717) is 10.8 Å². The fraction of sp³-hybridized carbons (Fsp3) is 0.200. The van der Waals surface area contributed by atoms with Crippen LogP contribution in [0.3, 0.4) is 0 Å². The zero-order chi connectivity index (χ0) is 15.6. The van der Waals surface area contributed by atoms with Crippen LogP contribution < -0.4 is 10.5 Å². The number of nitrogens with two attached hydrogens (primary N) is 1. The average Bonchev–Trinajstić information content (AvgIpc) is 2.46. The summed E-state index contributed by atoms with van der Waals surface area (Å²) in [6, 6.07) is 11.5. The Balaban J connectivity index is 2.34. The Labute approximate surface area is 129 Å². The molecule has 2 aromatic carbocycles. The van der Waals surface area contributed by atoms with Crippen LogP contribution in [0, 0.1) is 0 Å². The van der Waals surface area contributed by atoms with Crippen molar-refractivity contribution in [2.75, 3.05) is 13.4 Å². The van der Waals surface area contributed by atoms with Crippen LogP contribution in [0.15, 0.2) is 47.4 Å². The van der Waals surface area contributed by atoms with Gasteiger partial charge in [0.05, 0.1) is 23.1 Å². The maximum Gasteiger partial charge on any atom is 0.175 e. The van der Waals surface area contributed by atoms with Gasteiger partial charge in [0.25, 0.3) is 0 Å². The molecule has 112 valence electrons. The second-order valence-corrected chi connectivity index (χ2v) is 7.14. The molecular formula is C15H16ClNO3S. The highest BCUT2D eigenvalue weighted by Crippen LogP contribution is 2.29. The van der Waals surface area contributed by atoms with E-state index >= 15 is 0 Å².